The van der Waals surface area contributed by atoms with Crippen molar-refractivity contribution >= 4 is 23.2 Å². The number of rotatable bonds is 11. The summed E-state index contributed by atoms with van der Waals surface area (Å²) in [6, 6.07) is 4.21. The van der Waals surface area contributed by atoms with Crippen molar-refractivity contribution in [3.8, 4) is 0 Å². The number of nitrogens with one attached hydrogen (secondary N) is 2. The van der Waals surface area contributed by atoms with Gasteiger partial charge in [0.2, 0.25) is 5.91 Å². The smallest absolute Gasteiger partial charge is 0.243 e. The molecule has 1 fully saturated rings. The highest BCUT2D eigenvalue weighted by atomic mass is 32.1. The first-order valence-electron chi connectivity index (χ1n) is 9.37. The van der Waals surface area contributed by atoms with Gasteiger partial charge in [-0.3, -0.25) is 4.79 Å². The predicted octanol–water partition coefficient (Wildman–Crippen LogP) is 2.12. The molecule has 1 saturated carbocycles. The molecule has 0 unspecified atom stereocenters. The van der Waals surface area contributed by atoms with Crippen LogP contribution in [0.4, 0.5) is 0 Å². The first-order chi connectivity index (χ1) is 12.5. The maximum Gasteiger partial charge on any atom is 0.243 e. The second-order valence-electron chi connectivity index (χ2n) is 7.01. The zero-order valence-electron chi connectivity index (χ0n) is 16.2. The summed E-state index contributed by atoms with van der Waals surface area (Å²) in [6.07, 6.45) is 4.49. The van der Waals surface area contributed by atoms with Crippen LogP contribution in [0, 0.1) is 5.41 Å². The number of ether oxygens (including phenoxy) is 1. The highest BCUT2D eigenvalue weighted by molar-refractivity contribution is 7.09. The molecule has 1 heterocycles. The SMILES string of the molecule is CCOCCC1(CNC(=NCC(=O)N(C)C)NCCc2cccs2)CC1. The summed E-state index contributed by atoms with van der Waals surface area (Å²) in [5.41, 5.74) is 0.330. The lowest BCUT2D eigenvalue weighted by molar-refractivity contribution is -0.127. The number of guanidine groups is 1. The van der Waals surface area contributed by atoms with Crippen LogP contribution in [0.25, 0.3) is 0 Å². The molecule has 1 aliphatic rings. The minimum absolute atomic E-state index is 0.00170. The van der Waals surface area contributed by atoms with E-state index in [-0.39, 0.29) is 12.5 Å². The van der Waals surface area contributed by atoms with Gasteiger partial charge in [-0.15, -0.1) is 11.3 Å². The number of likely N-dealkylation sites (N-methyl/N-ethyl adjacent to an activating group) is 1. The molecule has 7 heteroatoms. The van der Waals surface area contributed by atoms with Crippen LogP contribution in [0.1, 0.15) is 31.1 Å². The van der Waals surface area contributed by atoms with Gasteiger partial charge >= 0.3 is 0 Å². The van der Waals surface area contributed by atoms with Crippen molar-refractivity contribution in [2.45, 2.75) is 32.6 Å². The van der Waals surface area contributed by atoms with E-state index in [1.54, 1.807) is 30.3 Å². The molecule has 2 N–H and O–H groups in total. The first-order valence-corrected chi connectivity index (χ1v) is 10.2. The molecule has 0 aliphatic heterocycles. The maximum absolute atomic E-state index is 11.8. The largest absolute Gasteiger partial charge is 0.382 e. The summed E-state index contributed by atoms with van der Waals surface area (Å²) in [5, 5.41) is 8.89. The topological polar surface area (TPSA) is 66.0 Å². The maximum atomic E-state index is 11.8. The van der Waals surface area contributed by atoms with E-state index in [0.717, 1.165) is 45.1 Å². The Morgan fingerprint density at radius 2 is 2.19 bits per heavy atom. The van der Waals surface area contributed by atoms with Crippen LogP contribution in [0.3, 0.4) is 0 Å². The highest BCUT2D eigenvalue weighted by Crippen LogP contribution is 2.48. The van der Waals surface area contributed by atoms with Crippen molar-refractivity contribution in [2.75, 3.05) is 46.9 Å². The lowest BCUT2D eigenvalue weighted by Gasteiger charge is -2.19. The fraction of sp³-hybridized carbons (Fsp3) is 0.684. The Bertz CT molecular complexity index is 568. The van der Waals surface area contributed by atoms with Crippen LogP contribution in [0.5, 0.6) is 0 Å². The minimum Gasteiger partial charge on any atom is -0.382 e. The van der Waals surface area contributed by atoms with E-state index in [1.165, 1.54) is 17.7 Å². The third-order valence-electron chi connectivity index (χ3n) is 4.68. The van der Waals surface area contributed by atoms with E-state index < -0.39 is 0 Å². The van der Waals surface area contributed by atoms with Gasteiger partial charge in [-0.05, 0) is 49.5 Å². The number of thiophene rings is 1. The third-order valence-corrected chi connectivity index (χ3v) is 5.62. The lowest BCUT2D eigenvalue weighted by Crippen LogP contribution is -2.42. The van der Waals surface area contributed by atoms with Gasteiger partial charge in [0.25, 0.3) is 0 Å². The molecule has 1 aromatic rings. The van der Waals surface area contributed by atoms with Crippen molar-refractivity contribution in [3.63, 3.8) is 0 Å². The number of amides is 1. The minimum atomic E-state index is 0.00170. The Balaban J connectivity index is 1.83. The standard InChI is InChI=1S/C19H32N4O2S/c1-4-25-12-10-19(8-9-19)15-22-18(21-14-17(24)23(2)3)20-11-7-16-6-5-13-26-16/h5-6,13H,4,7-12,14-15H2,1-3H3,(H2,20,21,22). The molecule has 2 rings (SSSR count). The molecule has 0 bridgehead atoms. The fourth-order valence-electron chi connectivity index (χ4n) is 2.62. The molecule has 1 aromatic heterocycles. The van der Waals surface area contributed by atoms with Crippen molar-refractivity contribution < 1.29 is 9.53 Å². The lowest BCUT2D eigenvalue weighted by atomic mass is 10.0. The monoisotopic (exact) mass is 380 g/mol. The zero-order valence-corrected chi connectivity index (χ0v) is 17.0. The second-order valence-corrected chi connectivity index (χ2v) is 8.04. The van der Waals surface area contributed by atoms with E-state index in [2.05, 4.69) is 33.1 Å². The molecule has 6 nitrogen and oxygen atoms in total. The Morgan fingerprint density at radius 3 is 2.81 bits per heavy atom. The number of aliphatic imine (C=N–C) groups is 1. The number of hydrogen-bond acceptors (Lipinski definition) is 4. The summed E-state index contributed by atoms with van der Waals surface area (Å²) >= 11 is 1.76. The van der Waals surface area contributed by atoms with Crippen LogP contribution in [-0.4, -0.2) is 63.7 Å². The van der Waals surface area contributed by atoms with Gasteiger partial charge in [0, 0.05) is 45.3 Å². The van der Waals surface area contributed by atoms with E-state index >= 15 is 0 Å². The molecule has 0 saturated heterocycles. The molecule has 146 valence electrons. The first kappa shape index (κ1) is 20.7. The average molecular weight is 381 g/mol. The normalized spacial score (nSPS) is 15.6. The number of hydrogen-bond donors (Lipinski definition) is 2. The van der Waals surface area contributed by atoms with E-state index in [1.807, 2.05) is 6.92 Å². The van der Waals surface area contributed by atoms with E-state index in [9.17, 15) is 4.79 Å². The molecular formula is C19H32N4O2S. The van der Waals surface area contributed by atoms with Crippen molar-refractivity contribution in [1.82, 2.24) is 15.5 Å². The molecule has 0 aromatic carbocycles. The second kappa shape index (κ2) is 10.5. The predicted molar refractivity (Wildman–Crippen MR) is 108 cm³/mol. The zero-order chi connectivity index (χ0) is 18.8. The van der Waals surface area contributed by atoms with Crippen LogP contribution in [0.2, 0.25) is 0 Å². The summed E-state index contributed by atoms with van der Waals surface area (Å²) in [7, 11) is 3.50. The molecule has 1 amide bonds. The summed E-state index contributed by atoms with van der Waals surface area (Å²) in [6.45, 7) is 5.45. The average Bonchev–Trinajstić information content (AvgIpc) is 3.19. The number of carbonyl (C=O) groups excluding carboxylic acids is 1. The fourth-order valence-corrected chi connectivity index (χ4v) is 3.33. The Hall–Kier alpha value is -1.60. The molecule has 0 spiro atoms. The Labute approximate surface area is 161 Å². The van der Waals surface area contributed by atoms with Gasteiger partial charge in [0.15, 0.2) is 5.96 Å². The van der Waals surface area contributed by atoms with Crippen LogP contribution < -0.4 is 10.6 Å². The Kier molecular flexibility index (Phi) is 8.38. The summed E-state index contributed by atoms with van der Waals surface area (Å²) in [5.74, 6) is 0.723. The summed E-state index contributed by atoms with van der Waals surface area (Å²) < 4.78 is 5.51. The number of carbonyl (C=O) groups is 1. The van der Waals surface area contributed by atoms with E-state index in [4.69, 9.17) is 4.74 Å². The van der Waals surface area contributed by atoms with Crippen LogP contribution in [0.15, 0.2) is 22.5 Å². The van der Waals surface area contributed by atoms with E-state index in [0.29, 0.717) is 5.41 Å². The van der Waals surface area contributed by atoms with Crippen molar-refractivity contribution in [2.24, 2.45) is 10.4 Å². The Morgan fingerprint density at radius 1 is 1.38 bits per heavy atom. The molecular weight excluding hydrogens is 348 g/mol. The van der Waals surface area contributed by atoms with Gasteiger partial charge in [0.1, 0.15) is 6.54 Å². The van der Waals surface area contributed by atoms with Gasteiger partial charge in [-0.25, -0.2) is 4.99 Å². The van der Waals surface area contributed by atoms with Crippen LogP contribution in [-0.2, 0) is 16.0 Å². The highest BCUT2D eigenvalue weighted by Gasteiger charge is 2.41. The molecule has 1 aliphatic carbocycles. The van der Waals surface area contributed by atoms with Gasteiger partial charge in [-0.2, -0.15) is 0 Å². The van der Waals surface area contributed by atoms with Gasteiger partial charge < -0.3 is 20.3 Å². The molecule has 0 atom stereocenters. The summed E-state index contributed by atoms with van der Waals surface area (Å²) in [4.78, 5) is 19.2. The van der Waals surface area contributed by atoms with Gasteiger partial charge in [-0.1, -0.05) is 6.07 Å². The molecule has 0 radical (unpaired) electrons. The van der Waals surface area contributed by atoms with Crippen LogP contribution >= 0.6 is 11.3 Å². The van der Waals surface area contributed by atoms with Crippen molar-refractivity contribution in [1.29, 1.82) is 0 Å². The van der Waals surface area contributed by atoms with Crippen molar-refractivity contribution in [3.05, 3.63) is 22.4 Å². The number of nitrogens with zero attached hydrogens (tertiary/aromatic N) is 2. The quantitative estimate of drug-likeness (QED) is 0.351. The molecule has 26 heavy (non-hydrogen) atoms. The van der Waals surface area contributed by atoms with Gasteiger partial charge in [0.05, 0.1) is 0 Å². The third kappa shape index (κ3) is 7.33.